The molecule has 1 aliphatic carbocycles. The van der Waals surface area contributed by atoms with Gasteiger partial charge in [0.2, 0.25) is 5.91 Å². The molecule has 0 bridgehead atoms. The Kier molecular flexibility index (Phi) is 3.57. The first kappa shape index (κ1) is 15.5. The van der Waals surface area contributed by atoms with Crippen molar-refractivity contribution in [1.29, 1.82) is 0 Å². The fraction of sp³-hybridized carbons (Fsp3) is 0.412. The molecule has 1 aromatic carbocycles. The molecule has 0 radical (unpaired) electrons. The Bertz CT molecular complexity index is 705. The second-order valence-electron chi connectivity index (χ2n) is 6.91. The highest BCUT2D eigenvalue weighted by Crippen LogP contribution is 2.68. The van der Waals surface area contributed by atoms with Crippen LogP contribution in [0.15, 0.2) is 29.6 Å². The van der Waals surface area contributed by atoms with Crippen molar-refractivity contribution in [2.75, 3.05) is 5.32 Å². The number of hydrogen-bond acceptors (Lipinski definition) is 3. The van der Waals surface area contributed by atoms with E-state index in [1.165, 1.54) is 11.3 Å². The molecule has 3 rings (SSSR count). The number of hydrogen-bond donors (Lipinski definition) is 1. The molecule has 1 aliphatic rings. The van der Waals surface area contributed by atoms with E-state index in [0.29, 0.717) is 10.2 Å². The van der Waals surface area contributed by atoms with Gasteiger partial charge in [0.25, 0.3) is 0 Å². The zero-order valence-corrected chi connectivity index (χ0v) is 14.7. The molecule has 116 valence electrons. The smallest absolute Gasteiger partial charge is 0.230 e. The van der Waals surface area contributed by atoms with Crippen molar-refractivity contribution in [3.8, 4) is 11.3 Å². The van der Waals surface area contributed by atoms with Gasteiger partial charge in [0, 0.05) is 21.9 Å². The molecule has 1 saturated carbocycles. The number of carbonyl (C=O) groups is 1. The number of nitrogens with zero attached hydrogens (tertiary/aromatic N) is 1. The summed E-state index contributed by atoms with van der Waals surface area (Å²) < 4.78 is 0. The van der Waals surface area contributed by atoms with Crippen LogP contribution in [-0.2, 0) is 4.79 Å². The maximum absolute atomic E-state index is 12.4. The fourth-order valence-corrected chi connectivity index (χ4v) is 3.96. The van der Waals surface area contributed by atoms with Crippen molar-refractivity contribution >= 4 is 34.0 Å². The summed E-state index contributed by atoms with van der Waals surface area (Å²) in [5.41, 5.74) is 1.92. The average molecular weight is 335 g/mol. The van der Waals surface area contributed by atoms with E-state index in [1.807, 2.05) is 29.6 Å². The summed E-state index contributed by atoms with van der Waals surface area (Å²) in [6.07, 6.45) is 0. The molecule has 0 unspecified atom stereocenters. The predicted molar refractivity (Wildman–Crippen MR) is 92.2 cm³/mol. The number of rotatable bonds is 3. The highest BCUT2D eigenvalue weighted by Gasteiger charge is 2.68. The van der Waals surface area contributed by atoms with E-state index in [1.54, 1.807) is 0 Å². The Balaban J connectivity index is 1.73. The van der Waals surface area contributed by atoms with Crippen molar-refractivity contribution in [2.24, 2.45) is 16.7 Å². The van der Waals surface area contributed by atoms with E-state index in [4.69, 9.17) is 11.6 Å². The summed E-state index contributed by atoms with van der Waals surface area (Å²) in [4.78, 5) is 16.9. The second-order valence-corrected chi connectivity index (χ2v) is 8.20. The number of thiazole rings is 1. The molecule has 3 nitrogen and oxygen atoms in total. The molecule has 0 aliphatic heterocycles. The second kappa shape index (κ2) is 5.07. The minimum absolute atomic E-state index is 0.0304. The van der Waals surface area contributed by atoms with Crippen molar-refractivity contribution in [3.63, 3.8) is 0 Å². The molecule has 1 aromatic heterocycles. The lowest BCUT2D eigenvalue weighted by atomic mass is 10.0. The zero-order chi connectivity index (χ0) is 16.1. The van der Waals surface area contributed by atoms with Crippen molar-refractivity contribution in [3.05, 3.63) is 34.7 Å². The summed E-state index contributed by atoms with van der Waals surface area (Å²) in [5, 5.41) is 6.25. The van der Waals surface area contributed by atoms with Crippen LogP contribution in [-0.4, -0.2) is 10.9 Å². The lowest BCUT2D eigenvalue weighted by Gasteiger charge is -2.03. The molecule has 5 heteroatoms. The third-order valence-electron chi connectivity index (χ3n) is 5.16. The first-order valence-electron chi connectivity index (χ1n) is 7.26. The van der Waals surface area contributed by atoms with Crippen LogP contribution in [0.3, 0.4) is 0 Å². The largest absolute Gasteiger partial charge is 0.302 e. The Morgan fingerprint density at radius 3 is 2.32 bits per heavy atom. The molecule has 1 amide bonds. The standard InChI is InChI=1S/C17H19ClN2OS/c1-16(2)13(17(16,3)4)14(21)20-15-19-12(9-22-15)10-5-7-11(18)8-6-10/h5-9,13H,1-4H3,(H,19,20,21). The summed E-state index contributed by atoms with van der Waals surface area (Å²) in [6.45, 7) is 8.55. The molecule has 1 N–H and O–H groups in total. The van der Waals surface area contributed by atoms with Gasteiger partial charge in [0.15, 0.2) is 5.13 Å². The monoisotopic (exact) mass is 334 g/mol. The number of benzene rings is 1. The van der Waals surface area contributed by atoms with Gasteiger partial charge < -0.3 is 5.32 Å². The number of anilines is 1. The van der Waals surface area contributed by atoms with Crippen molar-refractivity contribution in [1.82, 2.24) is 4.98 Å². The van der Waals surface area contributed by atoms with Gasteiger partial charge in [0.05, 0.1) is 5.69 Å². The number of amides is 1. The van der Waals surface area contributed by atoms with Gasteiger partial charge >= 0.3 is 0 Å². The summed E-state index contributed by atoms with van der Waals surface area (Å²) in [5.74, 6) is 0.0925. The molecule has 0 atom stereocenters. The van der Waals surface area contributed by atoms with E-state index in [0.717, 1.165) is 11.3 Å². The minimum Gasteiger partial charge on any atom is -0.302 e. The van der Waals surface area contributed by atoms with Gasteiger partial charge in [0.1, 0.15) is 0 Å². The Morgan fingerprint density at radius 1 is 1.18 bits per heavy atom. The molecule has 2 aromatic rings. The van der Waals surface area contributed by atoms with Crippen molar-refractivity contribution < 1.29 is 4.79 Å². The van der Waals surface area contributed by atoms with E-state index < -0.39 is 0 Å². The van der Waals surface area contributed by atoms with Crippen LogP contribution < -0.4 is 5.32 Å². The molecular weight excluding hydrogens is 316 g/mol. The molecular formula is C17H19ClN2OS. The van der Waals surface area contributed by atoms with Gasteiger partial charge in [-0.3, -0.25) is 4.79 Å². The Morgan fingerprint density at radius 2 is 1.77 bits per heavy atom. The molecule has 1 heterocycles. The third-order valence-corrected chi connectivity index (χ3v) is 6.17. The van der Waals surface area contributed by atoms with Crippen LogP contribution in [0.2, 0.25) is 5.02 Å². The quantitative estimate of drug-likeness (QED) is 0.850. The zero-order valence-electron chi connectivity index (χ0n) is 13.1. The van der Waals surface area contributed by atoms with E-state index in [-0.39, 0.29) is 22.7 Å². The molecule has 1 fully saturated rings. The van der Waals surface area contributed by atoms with E-state index in [2.05, 4.69) is 38.0 Å². The van der Waals surface area contributed by atoms with Crippen LogP contribution in [0.5, 0.6) is 0 Å². The van der Waals surface area contributed by atoms with Gasteiger partial charge in [-0.1, -0.05) is 51.4 Å². The maximum atomic E-state index is 12.4. The number of aromatic nitrogens is 1. The van der Waals surface area contributed by atoms with Gasteiger partial charge in [-0.05, 0) is 23.0 Å². The van der Waals surface area contributed by atoms with Gasteiger partial charge in [-0.2, -0.15) is 0 Å². The number of halogens is 1. The van der Waals surface area contributed by atoms with Crippen molar-refractivity contribution in [2.45, 2.75) is 27.7 Å². The molecule has 0 spiro atoms. The number of nitrogens with one attached hydrogen (secondary N) is 1. The first-order chi connectivity index (χ1) is 10.2. The topological polar surface area (TPSA) is 42.0 Å². The lowest BCUT2D eigenvalue weighted by molar-refractivity contribution is -0.118. The van der Waals surface area contributed by atoms with E-state index >= 15 is 0 Å². The SMILES string of the molecule is CC1(C)C(C(=O)Nc2nc(-c3ccc(Cl)cc3)cs2)C1(C)C. The minimum atomic E-state index is 0.0304. The Hall–Kier alpha value is -1.39. The van der Waals surface area contributed by atoms with E-state index in [9.17, 15) is 4.79 Å². The molecule has 22 heavy (non-hydrogen) atoms. The van der Waals surface area contributed by atoms with Crippen LogP contribution in [0.4, 0.5) is 5.13 Å². The lowest BCUT2D eigenvalue weighted by Crippen LogP contribution is -2.17. The van der Waals surface area contributed by atoms with Crippen LogP contribution in [0, 0.1) is 16.7 Å². The van der Waals surface area contributed by atoms with Gasteiger partial charge in [-0.15, -0.1) is 11.3 Å². The summed E-state index contributed by atoms with van der Waals surface area (Å²) >= 11 is 7.34. The normalized spacial score (nSPS) is 19.0. The Labute approximate surface area is 139 Å². The predicted octanol–water partition coefficient (Wildman–Crippen LogP) is 5.08. The van der Waals surface area contributed by atoms with Crippen LogP contribution in [0.25, 0.3) is 11.3 Å². The summed E-state index contributed by atoms with van der Waals surface area (Å²) in [7, 11) is 0. The van der Waals surface area contributed by atoms with Crippen LogP contribution in [0.1, 0.15) is 27.7 Å². The summed E-state index contributed by atoms with van der Waals surface area (Å²) in [6, 6.07) is 7.53. The van der Waals surface area contributed by atoms with Crippen LogP contribution >= 0.6 is 22.9 Å². The maximum Gasteiger partial charge on any atom is 0.230 e. The number of carbonyl (C=O) groups excluding carboxylic acids is 1. The molecule has 0 saturated heterocycles. The van der Waals surface area contributed by atoms with Gasteiger partial charge in [-0.25, -0.2) is 4.98 Å². The highest BCUT2D eigenvalue weighted by atomic mass is 35.5. The third kappa shape index (κ3) is 2.44. The average Bonchev–Trinajstić information content (AvgIpc) is 2.77. The first-order valence-corrected chi connectivity index (χ1v) is 8.51. The fourth-order valence-electron chi connectivity index (χ4n) is 3.11. The highest BCUT2D eigenvalue weighted by molar-refractivity contribution is 7.14.